The molecule has 1 aromatic heterocycles. The molecule has 1 aliphatic rings. The highest BCUT2D eigenvalue weighted by Crippen LogP contribution is 2.33. The zero-order chi connectivity index (χ0) is 18.1. The van der Waals surface area contributed by atoms with Crippen LogP contribution in [0.15, 0.2) is 54.7 Å². The standard InChI is InChI=1S/C21H17ClN2O2/c1-13-10-19-14(8-9-26-19)11-17(13)15-6-7-20(23-12-15)24-21(25)16-4-2-3-5-18(16)22/h2-7,10-12H,8-9H2,1H3,(H,23,24,25). The summed E-state index contributed by atoms with van der Waals surface area (Å²) in [4.78, 5) is 16.7. The van der Waals surface area contributed by atoms with E-state index in [4.69, 9.17) is 16.3 Å². The van der Waals surface area contributed by atoms with Crippen molar-refractivity contribution in [3.05, 3.63) is 76.4 Å². The number of aryl methyl sites for hydroxylation is 1. The lowest BCUT2D eigenvalue weighted by atomic mass is 9.98. The Labute approximate surface area is 156 Å². The summed E-state index contributed by atoms with van der Waals surface area (Å²) in [5, 5.41) is 3.19. The first-order valence-electron chi connectivity index (χ1n) is 8.40. The molecular formula is C21H17ClN2O2. The summed E-state index contributed by atoms with van der Waals surface area (Å²) in [7, 11) is 0. The number of amides is 1. The molecule has 0 saturated carbocycles. The van der Waals surface area contributed by atoms with Crippen LogP contribution in [-0.4, -0.2) is 17.5 Å². The Morgan fingerprint density at radius 1 is 1.19 bits per heavy atom. The van der Waals surface area contributed by atoms with Crippen molar-refractivity contribution >= 4 is 23.3 Å². The number of fused-ring (bicyclic) bond motifs is 1. The molecule has 0 unspecified atom stereocenters. The predicted molar refractivity (Wildman–Crippen MR) is 103 cm³/mol. The minimum Gasteiger partial charge on any atom is -0.493 e. The predicted octanol–water partition coefficient (Wildman–Crippen LogP) is 4.90. The van der Waals surface area contributed by atoms with E-state index >= 15 is 0 Å². The Hall–Kier alpha value is -2.85. The van der Waals surface area contributed by atoms with Gasteiger partial charge in [-0.15, -0.1) is 0 Å². The molecule has 26 heavy (non-hydrogen) atoms. The first-order valence-corrected chi connectivity index (χ1v) is 8.78. The number of nitrogens with one attached hydrogen (secondary N) is 1. The summed E-state index contributed by atoms with van der Waals surface area (Å²) in [6, 6.07) is 14.9. The van der Waals surface area contributed by atoms with E-state index in [-0.39, 0.29) is 5.91 Å². The lowest BCUT2D eigenvalue weighted by Gasteiger charge is -2.10. The Balaban J connectivity index is 1.56. The molecule has 5 heteroatoms. The van der Waals surface area contributed by atoms with Gasteiger partial charge in [-0.3, -0.25) is 4.79 Å². The number of ether oxygens (including phenoxy) is 1. The maximum atomic E-state index is 12.3. The molecule has 0 bridgehead atoms. The molecule has 1 N–H and O–H groups in total. The van der Waals surface area contributed by atoms with Crippen molar-refractivity contribution in [1.29, 1.82) is 0 Å². The highest BCUT2D eigenvalue weighted by atomic mass is 35.5. The van der Waals surface area contributed by atoms with Crippen LogP contribution in [0.2, 0.25) is 5.02 Å². The van der Waals surface area contributed by atoms with E-state index in [0.717, 1.165) is 35.5 Å². The van der Waals surface area contributed by atoms with Crippen molar-refractivity contribution in [2.24, 2.45) is 0 Å². The molecule has 3 aromatic rings. The number of halogens is 1. The Kier molecular flexibility index (Phi) is 4.35. The van der Waals surface area contributed by atoms with Gasteiger partial charge in [0, 0.05) is 18.2 Å². The second kappa shape index (κ2) is 6.81. The second-order valence-electron chi connectivity index (χ2n) is 6.24. The largest absolute Gasteiger partial charge is 0.493 e. The zero-order valence-corrected chi connectivity index (χ0v) is 15.0. The fraction of sp³-hybridized carbons (Fsp3) is 0.143. The van der Waals surface area contributed by atoms with Crippen molar-refractivity contribution in [2.45, 2.75) is 13.3 Å². The highest BCUT2D eigenvalue weighted by Gasteiger charge is 2.16. The molecule has 4 rings (SSSR count). The van der Waals surface area contributed by atoms with E-state index in [1.54, 1.807) is 36.5 Å². The van der Waals surface area contributed by atoms with Crippen LogP contribution in [0.25, 0.3) is 11.1 Å². The van der Waals surface area contributed by atoms with Crippen LogP contribution in [0.3, 0.4) is 0 Å². The molecule has 0 radical (unpaired) electrons. The minimum absolute atomic E-state index is 0.276. The molecule has 1 aliphatic heterocycles. The summed E-state index contributed by atoms with van der Waals surface area (Å²) in [6.45, 7) is 2.80. The van der Waals surface area contributed by atoms with Crippen LogP contribution in [0.1, 0.15) is 21.5 Å². The van der Waals surface area contributed by atoms with Gasteiger partial charge in [0.25, 0.3) is 5.91 Å². The third-order valence-corrected chi connectivity index (χ3v) is 4.80. The number of hydrogen-bond acceptors (Lipinski definition) is 3. The summed E-state index contributed by atoms with van der Waals surface area (Å²) in [6.07, 6.45) is 2.70. The number of nitrogens with zero attached hydrogens (tertiary/aromatic N) is 1. The molecule has 4 nitrogen and oxygen atoms in total. The number of anilines is 1. The number of benzene rings is 2. The molecule has 0 spiro atoms. The Morgan fingerprint density at radius 3 is 2.81 bits per heavy atom. The SMILES string of the molecule is Cc1cc2c(cc1-c1ccc(NC(=O)c3ccccc3Cl)nc1)CCO2. The van der Waals surface area contributed by atoms with Crippen LogP contribution in [0, 0.1) is 6.92 Å². The maximum Gasteiger partial charge on any atom is 0.258 e. The van der Waals surface area contributed by atoms with E-state index in [2.05, 4.69) is 29.4 Å². The van der Waals surface area contributed by atoms with Gasteiger partial charge < -0.3 is 10.1 Å². The summed E-state index contributed by atoms with van der Waals surface area (Å²) < 4.78 is 5.61. The lowest BCUT2D eigenvalue weighted by molar-refractivity contribution is 0.102. The smallest absolute Gasteiger partial charge is 0.258 e. The first kappa shape index (κ1) is 16.6. The van der Waals surface area contributed by atoms with Gasteiger partial charge in [0.15, 0.2) is 0 Å². The minimum atomic E-state index is -0.276. The molecule has 0 aliphatic carbocycles. The van der Waals surface area contributed by atoms with Crippen molar-refractivity contribution in [3.8, 4) is 16.9 Å². The van der Waals surface area contributed by atoms with Gasteiger partial charge in [0.2, 0.25) is 0 Å². The Bertz CT molecular complexity index is 984. The van der Waals surface area contributed by atoms with Crippen LogP contribution >= 0.6 is 11.6 Å². The Morgan fingerprint density at radius 2 is 2.04 bits per heavy atom. The lowest BCUT2D eigenvalue weighted by Crippen LogP contribution is -2.13. The van der Waals surface area contributed by atoms with E-state index in [1.165, 1.54) is 5.56 Å². The van der Waals surface area contributed by atoms with Gasteiger partial charge in [-0.05, 0) is 60.0 Å². The number of carbonyl (C=O) groups is 1. The van der Waals surface area contributed by atoms with Crippen LogP contribution in [-0.2, 0) is 6.42 Å². The average molecular weight is 365 g/mol. The van der Waals surface area contributed by atoms with E-state index in [0.29, 0.717) is 16.4 Å². The molecule has 0 saturated heterocycles. The fourth-order valence-electron chi connectivity index (χ4n) is 3.09. The van der Waals surface area contributed by atoms with E-state index in [1.807, 2.05) is 6.07 Å². The van der Waals surface area contributed by atoms with Gasteiger partial charge in [-0.25, -0.2) is 4.98 Å². The first-order chi connectivity index (χ1) is 12.6. The average Bonchev–Trinajstić information content (AvgIpc) is 3.09. The van der Waals surface area contributed by atoms with E-state index < -0.39 is 0 Å². The molecule has 0 fully saturated rings. The summed E-state index contributed by atoms with van der Waals surface area (Å²) in [5.74, 6) is 1.19. The second-order valence-corrected chi connectivity index (χ2v) is 6.65. The maximum absolute atomic E-state index is 12.3. The monoisotopic (exact) mass is 364 g/mol. The van der Waals surface area contributed by atoms with Crippen molar-refractivity contribution in [1.82, 2.24) is 4.98 Å². The fourth-order valence-corrected chi connectivity index (χ4v) is 3.32. The third kappa shape index (κ3) is 3.16. The van der Waals surface area contributed by atoms with Crippen molar-refractivity contribution in [3.63, 3.8) is 0 Å². The molecule has 130 valence electrons. The van der Waals surface area contributed by atoms with Gasteiger partial charge in [0.05, 0.1) is 17.2 Å². The summed E-state index contributed by atoms with van der Waals surface area (Å²) >= 11 is 6.06. The molecule has 2 aromatic carbocycles. The van der Waals surface area contributed by atoms with Crippen LogP contribution in [0.4, 0.5) is 5.82 Å². The normalized spacial score (nSPS) is 12.4. The van der Waals surface area contributed by atoms with Crippen LogP contribution in [0.5, 0.6) is 5.75 Å². The third-order valence-electron chi connectivity index (χ3n) is 4.47. The van der Waals surface area contributed by atoms with Crippen molar-refractivity contribution in [2.75, 3.05) is 11.9 Å². The molecule has 1 amide bonds. The van der Waals surface area contributed by atoms with Gasteiger partial charge >= 0.3 is 0 Å². The van der Waals surface area contributed by atoms with E-state index in [9.17, 15) is 4.79 Å². The number of aromatic nitrogens is 1. The van der Waals surface area contributed by atoms with Gasteiger partial charge in [0.1, 0.15) is 11.6 Å². The quantitative estimate of drug-likeness (QED) is 0.719. The zero-order valence-electron chi connectivity index (χ0n) is 14.3. The molecule has 0 atom stereocenters. The molecule has 2 heterocycles. The number of carbonyl (C=O) groups excluding carboxylic acids is 1. The van der Waals surface area contributed by atoms with Crippen LogP contribution < -0.4 is 10.1 Å². The summed E-state index contributed by atoms with van der Waals surface area (Å²) in [5.41, 5.74) is 4.93. The van der Waals surface area contributed by atoms with Crippen molar-refractivity contribution < 1.29 is 9.53 Å². The highest BCUT2D eigenvalue weighted by molar-refractivity contribution is 6.34. The topological polar surface area (TPSA) is 51.2 Å². The number of rotatable bonds is 3. The van der Waals surface area contributed by atoms with Gasteiger partial charge in [-0.1, -0.05) is 23.7 Å². The number of hydrogen-bond donors (Lipinski definition) is 1. The number of pyridine rings is 1. The van der Waals surface area contributed by atoms with Gasteiger partial charge in [-0.2, -0.15) is 0 Å². The molecular weight excluding hydrogens is 348 g/mol.